The average molecular weight is 265 g/mol. The summed E-state index contributed by atoms with van der Waals surface area (Å²) in [6.07, 6.45) is 1.24. The van der Waals surface area contributed by atoms with E-state index in [0.29, 0.717) is 0 Å². The molecule has 94 valence electrons. The highest BCUT2D eigenvalue weighted by molar-refractivity contribution is 7.82. The molecule has 0 N–H and O–H groups in total. The maximum Gasteiger partial charge on any atom is 0.451 e. The van der Waals surface area contributed by atoms with E-state index in [1.165, 1.54) is 12.3 Å². The third kappa shape index (κ3) is 3.64. The molecule has 0 unspecified atom stereocenters. The predicted octanol–water partition coefficient (Wildman–Crippen LogP) is 0.435. The molecule has 1 heterocycles. The zero-order chi connectivity index (χ0) is 12.9. The number of hydrogen-bond acceptors (Lipinski definition) is 7. The number of carbonyl (C=O) groups is 1. The van der Waals surface area contributed by atoms with Crippen LogP contribution in [0.3, 0.4) is 0 Å². The van der Waals surface area contributed by atoms with Gasteiger partial charge in [0.05, 0.1) is 7.11 Å². The molecule has 0 aliphatic rings. The van der Waals surface area contributed by atoms with Crippen molar-refractivity contribution in [3.8, 4) is 5.75 Å². The van der Waals surface area contributed by atoms with E-state index in [9.17, 15) is 17.6 Å². The molecule has 17 heavy (non-hydrogen) atoms. The van der Waals surface area contributed by atoms with E-state index in [1.807, 2.05) is 0 Å². The molecule has 9 heteroatoms. The molecular formula is C8H8FNO6S. The number of alkyl halides is 1. The van der Waals surface area contributed by atoms with Crippen molar-refractivity contribution in [2.24, 2.45) is 0 Å². The summed E-state index contributed by atoms with van der Waals surface area (Å²) in [6, 6.07) is 2.48. The van der Waals surface area contributed by atoms with Crippen molar-refractivity contribution in [1.29, 1.82) is 0 Å². The van der Waals surface area contributed by atoms with Gasteiger partial charge in [0.25, 0.3) is 0 Å². The first-order valence-electron chi connectivity index (χ1n) is 4.18. The van der Waals surface area contributed by atoms with Gasteiger partial charge < -0.3 is 8.92 Å². The van der Waals surface area contributed by atoms with Crippen molar-refractivity contribution >= 4 is 16.4 Å². The van der Waals surface area contributed by atoms with Gasteiger partial charge in [-0.1, -0.05) is 0 Å². The summed E-state index contributed by atoms with van der Waals surface area (Å²) in [4.78, 5) is 14.8. The van der Waals surface area contributed by atoms with E-state index in [2.05, 4.69) is 18.1 Å². The lowest BCUT2D eigenvalue weighted by Crippen LogP contribution is -2.16. The molecule has 0 aromatic carbocycles. The minimum Gasteiger partial charge on any atom is -0.464 e. The lowest BCUT2D eigenvalue weighted by Gasteiger charge is -2.07. The molecule has 0 amide bonds. The van der Waals surface area contributed by atoms with Crippen LogP contribution >= 0.6 is 0 Å². The van der Waals surface area contributed by atoms with Crippen LogP contribution in [0.5, 0.6) is 5.75 Å². The fraction of sp³-hybridized carbons (Fsp3) is 0.250. The maximum absolute atomic E-state index is 11.7. The zero-order valence-corrected chi connectivity index (χ0v) is 9.44. The SMILES string of the molecule is COC(=O)c1ncccc1OS(=O)(=O)OCF. The molecule has 0 saturated heterocycles. The third-order valence-corrected chi connectivity index (χ3v) is 2.29. The molecule has 0 saturated carbocycles. The van der Waals surface area contributed by atoms with Crippen LogP contribution in [0.4, 0.5) is 4.39 Å². The number of hydrogen-bond donors (Lipinski definition) is 0. The summed E-state index contributed by atoms with van der Waals surface area (Å²) in [7, 11) is -3.48. The molecule has 0 aliphatic carbocycles. The van der Waals surface area contributed by atoms with Gasteiger partial charge in [0, 0.05) is 6.20 Å². The van der Waals surface area contributed by atoms with Crippen molar-refractivity contribution in [2.75, 3.05) is 14.0 Å². The van der Waals surface area contributed by atoms with Gasteiger partial charge in [-0.2, -0.15) is 8.42 Å². The Bertz CT molecular complexity index is 502. The lowest BCUT2D eigenvalue weighted by atomic mass is 10.3. The Morgan fingerprint density at radius 1 is 1.53 bits per heavy atom. The highest BCUT2D eigenvalue weighted by Gasteiger charge is 2.21. The maximum atomic E-state index is 11.7. The number of carbonyl (C=O) groups excluding carboxylic acids is 1. The second kappa shape index (κ2) is 5.55. The van der Waals surface area contributed by atoms with E-state index >= 15 is 0 Å². The fourth-order valence-electron chi connectivity index (χ4n) is 0.896. The van der Waals surface area contributed by atoms with Crippen molar-refractivity contribution in [2.45, 2.75) is 0 Å². The van der Waals surface area contributed by atoms with Crippen LogP contribution in [-0.2, 0) is 19.3 Å². The first kappa shape index (κ1) is 13.3. The summed E-state index contributed by atoms with van der Waals surface area (Å²) in [5.74, 6) is -1.30. The third-order valence-electron chi connectivity index (χ3n) is 1.53. The molecule has 0 radical (unpaired) electrons. The first-order chi connectivity index (χ1) is 8.00. The van der Waals surface area contributed by atoms with Gasteiger partial charge in [-0.3, -0.25) is 0 Å². The molecule has 0 bridgehead atoms. The number of rotatable bonds is 5. The molecule has 0 spiro atoms. The van der Waals surface area contributed by atoms with Gasteiger partial charge >= 0.3 is 16.4 Å². The number of esters is 1. The summed E-state index contributed by atoms with van der Waals surface area (Å²) in [6.45, 7) is -1.57. The van der Waals surface area contributed by atoms with E-state index in [-0.39, 0.29) is 5.69 Å². The average Bonchev–Trinajstić information content (AvgIpc) is 2.28. The molecule has 0 aliphatic heterocycles. The quantitative estimate of drug-likeness (QED) is 0.713. The minimum absolute atomic E-state index is 0.360. The van der Waals surface area contributed by atoms with Gasteiger partial charge in [-0.05, 0) is 12.1 Å². The number of aromatic nitrogens is 1. The smallest absolute Gasteiger partial charge is 0.451 e. The Balaban J connectivity index is 3.03. The Kier molecular flexibility index (Phi) is 4.35. The van der Waals surface area contributed by atoms with Crippen molar-refractivity contribution in [3.63, 3.8) is 0 Å². The number of ether oxygens (including phenoxy) is 1. The normalized spacial score (nSPS) is 10.9. The van der Waals surface area contributed by atoms with Crippen LogP contribution < -0.4 is 4.18 Å². The predicted molar refractivity (Wildman–Crippen MR) is 52.2 cm³/mol. The second-order valence-corrected chi connectivity index (χ2v) is 3.78. The van der Waals surface area contributed by atoms with Gasteiger partial charge in [0.1, 0.15) is 0 Å². The Hall–Kier alpha value is -1.74. The molecule has 1 aromatic rings. The number of halogens is 1. The van der Waals surface area contributed by atoms with Gasteiger partial charge in [-0.25, -0.2) is 18.4 Å². The number of nitrogens with zero attached hydrogens (tertiary/aromatic N) is 1. The molecule has 0 atom stereocenters. The molecule has 1 aromatic heterocycles. The van der Waals surface area contributed by atoms with Gasteiger partial charge in [0.2, 0.25) is 6.86 Å². The summed E-state index contributed by atoms with van der Waals surface area (Å²) < 4.78 is 46.1. The van der Waals surface area contributed by atoms with Crippen LogP contribution in [0, 0.1) is 0 Å². The van der Waals surface area contributed by atoms with E-state index in [4.69, 9.17) is 0 Å². The van der Waals surface area contributed by atoms with Gasteiger partial charge in [0.15, 0.2) is 11.4 Å². The number of pyridine rings is 1. The van der Waals surface area contributed by atoms with Crippen molar-refractivity contribution in [1.82, 2.24) is 4.98 Å². The highest BCUT2D eigenvalue weighted by atomic mass is 32.3. The first-order valence-corrected chi connectivity index (χ1v) is 5.51. The van der Waals surface area contributed by atoms with E-state index < -0.39 is 29.0 Å². The largest absolute Gasteiger partial charge is 0.464 e. The second-order valence-electron chi connectivity index (χ2n) is 2.56. The van der Waals surface area contributed by atoms with E-state index in [0.717, 1.165) is 13.2 Å². The molecule has 1 rings (SSSR count). The summed E-state index contributed by atoms with van der Waals surface area (Å²) in [5.41, 5.74) is -0.360. The topological polar surface area (TPSA) is 91.8 Å². The Morgan fingerprint density at radius 3 is 2.82 bits per heavy atom. The summed E-state index contributed by atoms with van der Waals surface area (Å²) >= 11 is 0. The molecular weight excluding hydrogens is 257 g/mol. The standard InChI is InChI=1S/C8H8FNO6S/c1-14-8(11)7-6(3-2-4-10-7)16-17(12,13)15-5-9/h2-4H,5H2,1H3. The summed E-state index contributed by atoms with van der Waals surface area (Å²) in [5, 5.41) is 0. The number of methoxy groups -OCH3 is 1. The molecule has 0 fully saturated rings. The fourth-order valence-corrected chi connectivity index (χ4v) is 1.41. The Morgan fingerprint density at radius 2 is 2.24 bits per heavy atom. The Labute approximate surface area is 96.5 Å². The van der Waals surface area contributed by atoms with Crippen LogP contribution in [0.1, 0.15) is 10.5 Å². The van der Waals surface area contributed by atoms with Crippen LogP contribution in [0.15, 0.2) is 18.3 Å². The van der Waals surface area contributed by atoms with Crippen LogP contribution in [-0.4, -0.2) is 33.3 Å². The lowest BCUT2D eigenvalue weighted by molar-refractivity contribution is 0.0591. The zero-order valence-electron chi connectivity index (χ0n) is 8.62. The van der Waals surface area contributed by atoms with Crippen molar-refractivity contribution < 1.29 is 30.7 Å². The van der Waals surface area contributed by atoms with Crippen LogP contribution in [0.2, 0.25) is 0 Å². The highest BCUT2D eigenvalue weighted by Crippen LogP contribution is 2.18. The monoisotopic (exact) mass is 265 g/mol. The molecule has 7 nitrogen and oxygen atoms in total. The van der Waals surface area contributed by atoms with Crippen molar-refractivity contribution in [3.05, 3.63) is 24.0 Å². The van der Waals surface area contributed by atoms with Gasteiger partial charge in [-0.15, -0.1) is 0 Å². The van der Waals surface area contributed by atoms with E-state index in [1.54, 1.807) is 0 Å². The van der Waals surface area contributed by atoms with Crippen LogP contribution in [0.25, 0.3) is 0 Å². The minimum atomic E-state index is -4.57.